The summed E-state index contributed by atoms with van der Waals surface area (Å²) < 4.78 is 6.65. The van der Waals surface area contributed by atoms with Crippen molar-refractivity contribution in [2.75, 3.05) is 11.5 Å². The Hall–Kier alpha value is -3.93. The van der Waals surface area contributed by atoms with Crippen molar-refractivity contribution in [1.29, 1.82) is 5.41 Å². The number of ether oxygens (including phenoxy) is 1. The minimum Gasteiger partial charge on any atom is -0.462 e. The van der Waals surface area contributed by atoms with Crippen molar-refractivity contribution >= 4 is 46.6 Å². The highest BCUT2D eigenvalue weighted by molar-refractivity contribution is 7.99. The number of carbonyl (C=O) groups excluding carboxylic acids is 2. The van der Waals surface area contributed by atoms with Gasteiger partial charge in [-0.25, -0.2) is 4.79 Å². The van der Waals surface area contributed by atoms with Gasteiger partial charge in [-0.2, -0.15) is 4.57 Å². The summed E-state index contributed by atoms with van der Waals surface area (Å²) in [5.41, 5.74) is 1.55. The van der Waals surface area contributed by atoms with Crippen LogP contribution in [0.15, 0.2) is 101 Å². The van der Waals surface area contributed by atoms with Gasteiger partial charge in [0.2, 0.25) is 0 Å². The van der Waals surface area contributed by atoms with Gasteiger partial charge in [0.1, 0.15) is 5.57 Å². The third-order valence-electron chi connectivity index (χ3n) is 4.76. The van der Waals surface area contributed by atoms with Gasteiger partial charge in [0.15, 0.2) is 12.4 Å². The maximum atomic E-state index is 14.0. The molecule has 1 aliphatic heterocycles. The number of aromatic nitrogens is 1. The quantitative estimate of drug-likeness (QED) is 0.209. The van der Waals surface area contributed by atoms with Gasteiger partial charge in [0.25, 0.3) is 5.70 Å². The van der Waals surface area contributed by atoms with E-state index >= 15 is 0 Å². The summed E-state index contributed by atoms with van der Waals surface area (Å²) in [5, 5.41) is 7.57. The zero-order valence-corrected chi connectivity index (χ0v) is 18.1. The van der Waals surface area contributed by atoms with E-state index < -0.39 is 5.97 Å². The van der Waals surface area contributed by atoms with E-state index in [1.54, 1.807) is 52.7 Å². The number of anilines is 2. The van der Waals surface area contributed by atoms with E-state index in [1.165, 1.54) is 6.08 Å². The fraction of sp³-hybridized carbons (Fsp3) is 0.0800. The molecule has 0 radical (unpaired) electrons. The van der Waals surface area contributed by atoms with Crippen molar-refractivity contribution in [2.24, 2.45) is 0 Å². The molecule has 1 N–H and O–H groups in total. The highest BCUT2D eigenvalue weighted by Crippen LogP contribution is 2.48. The first kappa shape index (κ1) is 21.3. The van der Waals surface area contributed by atoms with Crippen molar-refractivity contribution in [1.82, 2.24) is 0 Å². The maximum Gasteiger partial charge on any atom is 0.347 e. The molecule has 2 aromatic carbocycles. The molecule has 0 aliphatic carbocycles. The van der Waals surface area contributed by atoms with Gasteiger partial charge in [-0.05, 0) is 37.1 Å². The lowest BCUT2D eigenvalue weighted by molar-refractivity contribution is -0.577. The minimum atomic E-state index is -0.709. The molecule has 0 atom stereocenters. The molecule has 3 aromatic rings. The van der Waals surface area contributed by atoms with Crippen molar-refractivity contribution in [3.05, 3.63) is 90.8 Å². The van der Waals surface area contributed by atoms with E-state index in [9.17, 15) is 9.59 Å². The predicted molar refractivity (Wildman–Crippen MR) is 123 cm³/mol. The largest absolute Gasteiger partial charge is 0.462 e. The van der Waals surface area contributed by atoms with Crippen molar-refractivity contribution in [3.8, 4) is 0 Å². The highest BCUT2D eigenvalue weighted by Gasteiger charge is 2.34. The normalized spacial score (nSPS) is 12.3. The Balaban J connectivity index is 1.89. The Morgan fingerprint density at radius 3 is 2.16 bits per heavy atom. The molecule has 1 aliphatic rings. The van der Waals surface area contributed by atoms with E-state index in [0.717, 1.165) is 21.2 Å². The van der Waals surface area contributed by atoms with E-state index in [-0.39, 0.29) is 23.8 Å². The van der Waals surface area contributed by atoms with Gasteiger partial charge in [0, 0.05) is 28.0 Å². The minimum absolute atomic E-state index is 0.139. The molecule has 7 heteroatoms. The lowest BCUT2D eigenvalue weighted by atomic mass is 10.1. The fourth-order valence-electron chi connectivity index (χ4n) is 3.34. The number of fused-ring (bicyclic) bond motifs is 2. The fourth-order valence-corrected chi connectivity index (χ4v) is 4.39. The Bertz CT molecular complexity index is 1220. The van der Waals surface area contributed by atoms with Crippen molar-refractivity contribution in [3.63, 3.8) is 0 Å². The average Bonchev–Trinajstić information content (AvgIpc) is 2.83. The summed E-state index contributed by atoms with van der Waals surface area (Å²) >= 11 is 1.60. The molecule has 0 fully saturated rings. The zero-order valence-electron chi connectivity index (χ0n) is 17.3. The summed E-state index contributed by atoms with van der Waals surface area (Å²) in [4.78, 5) is 29.9. The molecule has 0 bridgehead atoms. The summed E-state index contributed by atoms with van der Waals surface area (Å²) in [5.74, 6) is 1.05. The monoisotopic (exact) mass is 442 g/mol. The number of hydrogen-bond acceptors (Lipinski definition) is 5. The summed E-state index contributed by atoms with van der Waals surface area (Å²) in [6, 6.07) is 20.8. The molecule has 0 saturated carbocycles. The van der Waals surface area contributed by atoms with E-state index in [4.69, 9.17) is 10.1 Å². The van der Waals surface area contributed by atoms with Gasteiger partial charge in [-0.3, -0.25) is 15.1 Å². The molecule has 0 spiro atoms. The number of esters is 1. The number of nitrogens with one attached hydrogen (secondary N) is 1. The van der Waals surface area contributed by atoms with Gasteiger partial charge in [-0.1, -0.05) is 42.1 Å². The van der Waals surface area contributed by atoms with Gasteiger partial charge in [0.05, 0.1) is 18.0 Å². The Morgan fingerprint density at radius 2 is 1.59 bits per heavy atom. The number of benzene rings is 2. The van der Waals surface area contributed by atoms with Crippen LogP contribution in [0.4, 0.5) is 11.4 Å². The SMILES string of the molecule is CCOC(=O)C(=C=N)/C=C(/C(=O)N1c2ccccc2Sc2ccccc21)[n+]1ccccc1. The van der Waals surface area contributed by atoms with Gasteiger partial charge < -0.3 is 4.74 Å². The molecule has 158 valence electrons. The molecule has 6 nitrogen and oxygen atoms in total. The summed E-state index contributed by atoms with van der Waals surface area (Å²) in [7, 11) is 0. The van der Waals surface area contributed by atoms with Crippen LogP contribution in [0.25, 0.3) is 5.70 Å². The summed E-state index contributed by atoms with van der Waals surface area (Å²) in [6.07, 6.45) is 4.78. The molecule has 0 unspecified atom stereocenters. The van der Waals surface area contributed by atoms with Gasteiger partial charge in [-0.15, -0.1) is 0 Å². The topological polar surface area (TPSA) is 74.3 Å². The molecule has 32 heavy (non-hydrogen) atoms. The number of pyridine rings is 1. The standard InChI is InChI=1S/C25H20N3O3S/c1-2-31-25(30)18(17-26)16-21(27-14-8-3-9-15-27)24(29)28-19-10-4-6-12-22(19)32-23-13-7-5-11-20(23)28/h3-16,26H,2H2,1H3/q+1/b21-16-. The van der Waals surface area contributed by atoms with Gasteiger partial charge >= 0.3 is 11.9 Å². The lowest BCUT2D eigenvalue weighted by Crippen LogP contribution is -2.42. The Labute approximate surface area is 190 Å². The van der Waals surface area contributed by atoms with Crippen LogP contribution in [0.3, 0.4) is 0 Å². The van der Waals surface area contributed by atoms with Crippen LogP contribution in [0.5, 0.6) is 0 Å². The third-order valence-corrected chi connectivity index (χ3v) is 5.89. The number of para-hydroxylation sites is 2. The van der Waals surface area contributed by atoms with Crippen LogP contribution in [0.1, 0.15) is 6.92 Å². The van der Waals surface area contributed by atoms with Crippen LogP contribution in [0.2, 0.25) is 0 Å². The number of hydrogen-bond donors (Lipinski definition) is 1. The maximum absolute atomic E-state index is 14.0. The van der Waals surface area contributed by atoms with Crippen LogP contribution < -0.4 is 9.47 Å². The second-order valence-corrected chi connectivity index (χ2v) is 7.83. The van der Waals surface area contributed by atoms with Crippen molar-refractivity contribution in [2.45, 2.75) is 16.7 Å². The molecule has 1 aromatic heterocycles. The Kier molecular flexibility index (Phi) is 6.31. The molecular weight excluding hydrogens is 422 g/mol. The Morgan fingerprint density at radius 1 is 1.00 bits per heavy atom. The van der Waals surface area contributed by atoms with Crippen LogP contribution in [-0.4, -0.2) is 24.4 Å². The van der Waals surface area contributed by atoms with Crippen molar-refractivity contribution < 1.29 is 18.9 Å². The number of carbonyl (C=O) groups is 2. The lowest BCUT2D eigenvalue weighted by Gasteiger charge is -2.30. The van der Waals surface area contributed by atoms with E-state index in [1.807, 2.05) is 54.6 Å². The third kappa shape index (κ3) is 4.12. The molecule has 1 amide bonds. The first-order chi connectivity index (χ1) is 15.6. The second-order valence-electron chi connectivity index (χ2n) is 6.75. The number of nitrogens with zero attached hydrogens (tertiary/aromatic N) is 2. The average molecular weight is 443 g/mol. The molecule has 0 saturated heterocycles. The van der Waals surface area contributed by atoms with Crippen LogP contribution >= 0.6 is 11.8 Å². The molecule has 2 heterocycles. The van der Waals surface area contributed by atoms with E-state index in [2.05, 4.69) is 5.87 Å². The first-order valence-electron chi connectivity index (χ1n) is 9.99. The van der Waals surface area contributed by atoms with Crippen LogP contribution in [-0.2, 0) is 14.3 Å². The smallest absolute Gasteiger partial charge is 0.347 e. The predicted octanol–water partition coefficient (Wildman–Crippen LogP) is 4.38. The van der Waals surface area contributed by atoms with E-state index in [0.29, 0.717) is 0 Å². The second kappa shape index (κ2) is 9.47. The molecule has 4 rings (SSSR count). The first-order valence-corrected chi connectivity index (χ1v) is 10.8. The van der Waals surface area contributed by atoms with Crippen LogP contribution in [0, 0.1) is 5.41 Å². The zero-order chi connectivity index (χ0) is 22.5. The number of rotatable bonds is 5. The summed E-state index contributed by atoms with van der Waals surface area (Å²) in [6.45, 7) is 1.84. The number of amides is 1. The highest BCUT2D eigenvalue weighted by atomic mass is 32.2. The molecular formula is C25H20N3O3S+.